The third-order valence-corrected chi connectivity index (χ3v) is 1.93. The molecule has 0 atom stereocenters. The van der Waals surface area contributed by atoms with Crippen LogP contribution in [0.3, 0.4) is 0 Å². The molecular formula is C6H10BrN5. The van der Waals surface area contributed by atoms with Gasteiger partial charge in [-0.1, -0.05) is 0 Å². The second-order valence-electron chi connectivity index (χ2n) is 2.34. The van der Waals surface area contributed by atoms with Gasteiger partial charge in [-0.3, -0.25) is 4.68 Å². The lowest BCUT2D eigenvalue weighted by Gasteiger charge is -1.91. The fourth-order valence-electron chi connectivity index (χ4n) is 0.779. The third kappa shape index (κ3) is 2.23. The van der Waals surface area contributed by atoms with Crippen molar-refractivity contribution in [2.24, 2.45) is 23.5 Å². The smallest absolute Gasteiger partial charge is 0.186 e. The average Bonchev–Trinajstić information content (AvgIpc) is 2.26. The highest BCUT2D eigenvalue weighted by Crippen LogP contribution is 2.14. The summed E-state index contributed by atoms with van der Waals surface area (Å²) in [5.41, 5.74) is 11.2. The van der Waals surface area contributed by atoms with Crippen LogP contribution in [0.4, 0.5) is 0 Å². The zero-order valence-electron chi connectivity index (χ0n) is 6.66. The van der Waals surface area contributed by atoms with Gasteiger partial charge < -0.3 is 11.5 Å². The molecule has 0 aliphatic rings. The quantitative estimate of drug-likeness (QED) is 0.554. The van der Waals surface area contributed by atoms with Crippen LogP contribution in [-0.2, 0) is 13.6 Å². The SMILES string of the molecule is Cn1cc(Br)c(CN=C(N)N)n1. The van der Waals surface area contributed by atoms with Crippen molar-refractivity contribution in [1.29, 1.82) is 0 Å². The minimum Gasteiger partial charge on any atom is -0.370 e. The van der Waals surface area contributed by atoms with Crippen LogP contribution in [0.2, 0.25) is 0 Å². The van der Waals surface area contributed by atoms with E-state index in [1.807, 2.05) is 13.2 Å². The highest BCUT2D eigenvalue weighted by atomic mass is 79.9. The molecule has 66 valence electrons. The first-order chi connectivity index (χ1) is 5.59. The van der Waals surface area contributed by atoms with Gasteiger partial charge >= 0.3 is 0 Å². The third-order valence-electron chi connectivity index (χ3n) is 1.27. The predicted octanol–water partition coefficient (Wildman–Crippen LogP) is -0.0440. The van der Waals surface area contributed by atoms with Gasteiger partial charge in [0.15, 0.2) is 5.96 Å². The van der Waals surface area contributed by atoms with Gasteiger partial charge in [0.1, 0.15) is 0 Å². The van der Waals surface area contributed by atoms with Crippen molar-refractivity contribution in [2.45, 2.75) is 6.54 Å². The van der Waals surface area contributed by atoms with E-state index < -0.39 is 0 Å². The first-order valence-corrected chi connectivity index (χ1v) is 4.12. The van der Waals surface area contributed by atoms with Crippen LogP contribution in [0.25, 0.3) is 0 Å². The minimum absolute atomic E-state index is 0.0764. The molecule has 0 spiro atoms. The van der Waals surface area contributed by atoms with Gasteiger partial charge in [-0.25, -0.2) is 4.99 Å². The Bertz CT molecular complexity index is 299. The number of halogens is 1. The molecule has 0 saturated heterocycles. The van der Waals surface area contributed by atoms with Crippen LogP contribution in [0.1, 0.15) is 5.69 Å². The van der Waals surface area contributed by atoms with Crippen LogP contribution in [0.15, 0.2) is 15.7 Å². The molecule has 12 heavy (non-hydrogen) atoms. The van der Waals surface area contributed by atoms with E-state index in [0.29, 0.717) is 6.54 Å². The first-order valence-electron chi connectivity index (χ1n) is 3.33. The Labute approximate surface area is 78.6 Å². The normalized spacial score (nSPS) is 9.83. The Morgan fingerprint density at radius 1 is 1.75 bits per heavy atom. The number of guanidine groups is 1. The molecule has 0 aliphatic heterocycles. The zero-order valence-corrected chi connectivity index (χ0v) is 8.24. The summed E-state index contributed by atoms with van der Waals surface area (Å²) in [4.78, 5) is 3.84. The maximum Gasteiger partial charge on any atom is 0.186 e. The van der Waals surface area contributed by atoms with Crippen molar-refractivity contribution in [3.63, 3.8) is 0 Å². The first kappa shape index (κ1) is 9.05. The van der Waals surface area contributed by atoms with E-state index in [-0.39, 0.29) is 5.96 Å². The van der Waals surface area contributed by atoms with Crippen molar-refractivity contribution in [3.05, 3.63) is 16.4 Å². The van der Waals surface area contributed by atoms with Gasteiger partial charge in [-0.05, 0) is 15.9 Å². The number of rotatable bonds is 2. The molecule has 1 rings (SSSR count). The summed E-state index contributed by atoms with van der Waals surface area (Å²) in [6.07, 6.45) is 1.84. The van der Waals surface area contributed by atoms with Crippen LogP contribution in [0, 0.1) is 0 Å². The standard InChI is InChI=1S/C6H10BrN5/c1-12-3-4(7)5(11-12)2-10-6(8)9/h3H,2H2,1H3,(H4,8,9,10). The molecule has 4 N–H and O–H groups in total. The van der Waals surface area contributed by atoms with Gasteiger partial charge in [0.2, 0.25) is 0 Å². The van der Waals surface area contributed by atoms with Crippen LogP contribution in [-0.4, -0.2) is 15.7 Å². The molecule has 1 aromatic heterocycles. The molecule has 0 amide bonds. The molecule has 1 heterocycles. The van der Waals surface area contributed by atoms with E-state index in [1.54, 1.807) is 4.68 Å². The molecule has 5 nitrogen and oxygen atoms in total. The van der Waals surface area contributed by atoms with Crippen LogP contribution >= 0.6 is 15.9 Å². The lowest BCUT2D eigenvalue weighted by atomic mass is 10.4. The molecule has 0 bridgehead atoms. The second kappa shape index (κ2) is 3.57. The Hall–Kier alpha value is -1.04. The van der Waals surface area contributed by atoms with Gasteiger partial charge in [-0.15, -0.1) is 0 Å². The molecule has 1 aromatic rings. The van der Waals surface area contributed by atoms with Crippen molar-refractivity contribution in [3.8, 4) is 0 Å². The topological polar surface area (TPSA) is 82.2 Å². The number of hydrogen-bond acceptors (Lipinski definition) is 2. The Kier molecular flexibility index (Phi) is 2.69. The maximum atomic E-state index is 5.18. The van der Waals surface area contributed by atoms with Gasteiger partial charge in [0.05, 0.1) is 16.7 Å². The summed E-state index contributed by atoms with van der Waals surface area (Å²) in [6, 6.07) is 0. The van der Waals surface area contributed by atoms with E-state index >= 15 is 0 Å². The predicted molar refractivity (Wildman–Crippen MR) is 50.4 cm³/mol. The number of aryl methyl sites for hydroxylation is 1. The Balaban J connectivity index is 2.75. The van der Waals surface area contributed by atoms with E-state index in [2.05, 4.69) is 26.0 Å². The number of aliphatic imine (C=N–C) groups is 1. The number of aromatic nitrogens is 2. The molecule has 0 fully saturated rings. The Morgan fingerprint density at radius 2 is 2.42 bits per heavy atom. The van der Waals surface area contributed by atoms with Crippen molar-refractivity contribution < 1.29 is 0 Å². The summed E-state index contributed by atoms with van der Waals surface area (Å²) in [6.45, 7) is 0.407. The number of nitrogens with zero attached hydrogens (tertiary/aromatic N) is 3. The van der Waals surface area contributed by atoms with Crippen molar-refractivity contribution in [1.82, 2.24) is 9.78 Å². The highest BCUT2D eigenvalue weighted by Gasteiger charge is 2.02. The van der Waals surface area contributed by atoms with E-state index in [9.17, 15) is 0 Å². The maximum absolute atomic E-state index is 5.18. The summed E-state index contributed by atoms with van der Waals surface area (Å²) < 4.78 is 2.61. The van der Waals surface area contributed by atoms with Crippen molar-refractivity contribution >= 4 is 21.9 Å². The molecule has 0 unspecified atom stereocenters. The summed E-state index contributed by atoms with van der Waals surface area (Å²) in [5, 5.41) is 4.13. The number of nitrogens with two attached hydrogens (primary N) is 2. The van der Waals surface area contributed by atoms with E-state index in [4.69, 9.17) is 11.5 Å². The Morgan fingerprint density at radius 3 is 2.83 bits per heavy atom. The van der Waals surface area contributed by atoms with Gasteiger partial charge in [0, 0.05) is 13.2 Å². The molecule has 0 aromatic carbocycles. The number of hydrogen-bond donors (Lipinski definition) is 2. The molecule has 6 heteroatoms. The van der Waals surface area contributed by atoms with E-state index in [0.717, 1.165) is 10.2 Å². The zero-order chi connectivity index (χ0) is 9.14. The summed E-state index contributed by atoms with van der Waals surface area (Å²) in [7, 11) is 1.84. The second-order valence-corrected chi connectivity index (χ2v) is 3.19. The van der Waals surface area contributed by atoms with Gasteiger partial charge in [-0.2, -0.15) is 5.10 Å². The average molecular weight is 232 g/mol. The molecule has 0 saturated carbocycles. The summed E-state index contributed by atoms with van der Waals surface area (Å²) >= 11 is 3.33. The largest absolute Gasteiger partial charge is 0.370 e. The summed E-state index contributed by atoms with van der Waals surface area (Å²) in [5.74, 6) is 0.0764. The molecular weight excluding hydrogens is 222 g/mol. The lowest BCUT2D eigenvalue weighted by molar-refractivity contribution is 0.742. The highest BCUT2D eigenvalue weighted by molar-refractivity contribution is 9.10. The monoisotopic (exact) mass is 231 g/mol. The minimum atomic E-state index is 0.0764. The van der Waals surface area contributed by atoms with Crippen molar-refractivity contribution in [2.75, 3.05) is 0 Å². The fourth-order valence-corrected chi connectivity index (χ4v) is 1.28. The van der Waals surface area contributed by atoms with Crippen LogP contribution < -0.4 is 11.5 Å². The van der Waals surface area contributed by atoms with Crippen LogP contribution in [0.5, 0.6) is 0 Å². The fraction of sp³-hybridized carbons (Fsp3) is 0.333. The van der Waals surface area contributed by atoms with Gasteiger partial charge in [0.25, 0.3) is 0 Å². The molecule has 0 radical (unpaired) electrons. The van der Waals surface area contributed by atoms with E-state index in [1.165, 1.54) is 0 Å². The lowest BCUT2D eigenvalue weighted by Crippen LogP contribution is -2.22. The molecule has 0 aliphatic carbocycles.